The molecule has 0 aliphatic heterocycles. The van der Waals surface area contributed by atoms with Crippen LogP contribution in [0.1, 0.15) is 12.5 Å². The second-order valence-corrected chi connectivity index (χ2v) is 6.73. The molecule has 20 heavy (non-hydrogen) atoms. The Morgan fingerprint density at radius 2 is 1.95 bits per heavy atom. The molecule has 0 fully saturated rings. The van der Waals surface area contributed by atoms with Gasteiger partial charge in [0.15, 0.2) is 0 Å². The molecular weight excluding hydrogens is 319 g/mol. The van der Waals surface area contributed by atoms with Crippen LogP contribution in [0, 0.1) is 0 Å². The molecule has 0 aromatic heterocycles. The lowest BCUT2D eigenvalue weighted by Gasteiger charge is -2.19. The van der Waals surface area contributed by atoms with Crippen molar-refractivity contribution in [3.05, 3.63) is 28.8 Å². The summed E-state index contributed by atoms with van der Waals surface area (Å²) in [4.78, 5) is -0.530. The van der Waals surface area contributed by atoms with Gasteiger partial charge in [0.25, 0.3) is 0 Å². The molecule has 1 atom stereocenters. The zero-order chi connectivity index (χ0) is 15.7. The summed E-state index contributed by atoms with van der Waals surface area (Å²) in [6.07, 6.45) is -5.69. The number of halogens is 4. The number of benzene rings is 1. The summed E-state index contributed by atoms with van der Waals surface area (Å²) in [7, 11) is -2.95. The SMILES string of the molecule is CC(O)CN(C)S(=O)(=O)c1ccc(Cl)c(C(F)(F)F)c1. The topological polar surface area (TPSA) is 57.6 Å². The van der Waals surface area contributed by atoms with E-state index in [0.29, 0.717) is 6.07 Å². The van der Waals surface area contributed by atoms with Gasteiger partial charge in [-0.25, -0.2) is 8.42 Å². The molecule has 0 saturated heterocycles. The highest BCUT2D eigenvalue weighted by Crippen LogP contribution is 2.36. The largest absolute Gasteiger partial charge is 0.417 e. The molecule has 0 aliphatic carbocycles. The molecule has 0 heterocycles. The van der Waals surface area contributed by atoms with E-state index in [2.05, 4.69) is 0 Å². The standard InChI is InChI=1S/C11H13ClF3NO3S/c1-7(17)6-16(2)20(18,19)8-3-4-10(12)9(5-8)11(13,14)15/h3-5,7,17H,6H2,1-2H3. The van der Waals surface area contributed by atoms with Crippen molar-refractivity contribution in [3.63, 3.8) is 0 Å². The third-order valence-corrected chi connectivity index (χ3v) is 4.62. The number of nitrogens with zero attached hydrogens (tertiary/aromatic N) is 1. The molecule has 0 saturated carbocycles. The summed E-state index contributed by atoms with van der Waals surface area (Å²) in [5, 5.41) is 8.58. The fourth-order valence-corrected chi connectivity index (χ4v) is 3.04. The lowest BCUT2D eigenvalue weighted by molar-refractivity contribution is -0.137. The highest BCUT2D eigenvalue weighted by Gasteiger charge is 2.35. The van der Waals surface area contributed by atoms with Crippen LogP contribution < -0.4 is 0 Å². The van der Waals surface area contributed by atoms with Crippen molar-refractivity contribution < 1.29 is 26.7 Å². The Balaban J connectivity index is 3.27. The molecule has 0 bridgehead atoms. The summed E-state index contributed by atoms with van der Waals surface area (Å²) < 4.78 is 63.0. The Labute approximate surface area is 119 Å². The molecule has 1 aromatic rings. The van der Waals surface area contributed by atoms with Crippen molar-refractivity contribution in [2.24, 2.45) is 0 Å². The van der Waals surface area contributed by atoms with Crippen LogP contribution in [0.2, 0.25) is 5.02 Å². The molecule has 0 amide bonds. The van der Waals surface area contributed by atoms with Gasteiger partial charge in [-0.15, -0.1) is 0 Å². The van der Waals surface area contributed by atoms with Gasteiger partial charge in [0.1, 0.15) is 0 Å². The number of likely N-dealkylation sites (N-methyl/N-ethyl adjacent to an activating group) is 1. The van der Waals surface area contributed by atoms with Crippen LogP contribution in [0.4, 0.5) is 13.2 Å². The third-order valence-electron chi connectivity index (χ3n) is 2.47. The van der Waals surface area contributed by atoms with Gasteiger partial charge < -0.3 is 5.11 Å². The minimum atomic E-state index is -4.74. The highest BCUT2D eigenvalue weighted by molar-refractivity contribution is 7.89. The van der Waals surface area contributed by atoms with Crippen molar-refractivity contribution in [3.8, 4) is 0 Å². The van der Waals surface area contributed by atoms with Crippen LogP contribution in [0.15, 0.2) is 23.1 Å². The molecule has 0 aliphatic rings. The number of hydrogen-bond acceptors (Lipinski definition) is 3. The summed E-state index contributed by atoms with van der Waals surface area (Å²) >= 11 is 5.43. The monoisotopic (exact) mass is 331 g/mol. The summed E-state index contributed by atoms with van der Waals surface area (Å²) in [5.41, 5.74) is -1.22. The van der Waals surface area contributed by atoms with Crippen LogP contribution in [-0.2, 0) is 16.2 Å². The zero-order valence-electron chi connectivity index (χ0n) is 10.6. The molecule has 0 spiro atoms. The number of aliphatic hydroxyl groups is 1. The van der Waals surface area contributed by atoms with E-state index >= 15 is 0 Å². The van der Waals surface area contributed by atoms with E-state index < -0.39 is 37.8 Å². The first-order chi connectivity index (χ1) is 8.96. The average molecular weight is 332 g/mol. The molecule has 1 rings (SSSR count). The van der Waals surface area contributed by atoms with E-state index in [1.54, 1.807) is 0 Å². The summed E-state index contributed by atoms with van der Waals surface area (Å²) in [6.45, 7) is 1.14. The van der Waals surface area contributed by atoms with Gasteiger partial charge in [0.05, 0.1) is 21.6 Å². The Morgan fingerprint density at radius 1 is 1.40 bits per heavy atom. The zero-order valence-corrected chi connectivity index (χ0v) is 12.2. The smallest absolute Gasteiger partial charge is 0.392 e. The van der Waals surface area contributed by atoms with Gasteiger partial charge in [0, 0.05) is 13.6 Å². The van der Waals surface area contributed by atoms with Crippen LogP contribution in [0.25, 0.3) is 0 Å². The van der Waals surface area contributed by atoms with Crippen molar-refractivity contribution in [2.75, 3.05) is 13.6 Å². The van der Waals surface area contributed by atoms with Crippen molar-refractivity contribution >= 4 is 21.6 Å². The number of hydrogen-bond donors (Lipinski definition) is 1. The number of rotatable bonds is 4. The van der Waals surface area contributed by atoms with Gasteiger partial charge in [0.2, 0.25) is 10.0 Å². The Bertz CT molecular complexity index is 587. The Morgan fingerprint density at radius 3 is 2.40 bits per heavy atom. The number of aliphatic hydroxyl groups excluding tert-OH is 1. The minimum absolute atomic E-state index is 0.230. The van der Waals surface area contributed by atoms with E-state index in [0.717, 1.165) is 16.4 Å². The lowest BCUT2D eigenvalue weighted by Crippen LogP contribution is -2.33. The molecule has 1 N–H and O–H groups in total. The third kappa shape index (κ3) is 3.85. The van der Waals surface area contributed by atoms with Gasteiger partial charge in [-0.1, -0.05) is 11.6 Å². The van der Waals surface area contributed by atoms with Gasteiger partial charge in [-0.3, -0.25) is 0 Å². The Hall–Kier alpha value is -0.830. The first-order valence-electron chi connectivity index (χ1n) is 5.47. The summed E-state index contributed by atoms with van der Waals surface area (Å²) in [6, 6.07) is 2.36. The van der Waals surface area contributed by atoms with E-state index in [1.165, 1.54) is 14.0 Å². The minimum Gasteiger partial charge on any atom is -0.392 e. The molecule has 1 unspecified atom stereocenters. The Kier molecular flexibility index (Phi) is 5.07. The van der Waals surface area contributed by atoms with E-state index in [9.17, 15) is 21.6 Å². The first kappa shape index (κ1) is 17.2. The number of sulfonamides is 1. The van der Waals surface area contributed by atoms with Crippen LogP contribution in [0.3, 0.4) is 0 Å². The predicted molar refractivity (Wildman–Crippen MR) is 68.0 cm³/mol. The van der Waals surface area contributed by atoms with Crippen molar-refractivity contribution in [1.29, 1.82) is 0 Å². The molecule has 4 nitrogen and oxygen atoms in total. The maximum Gasteiger partial charge on any atom is 0.417 e. The van der Waals surface area contributed by atoms with Crippen LogP contribution >= 0.6 is 11.6 Å². The fraction of sp³-hybridized carbons (Fsp3) is 0.455. The predicted octanol–water partition coefficient (Wildman–Crippen LogP) is 2.36. The van der Waals surface area contributed by atoms with E-state index in [1.807, 2.05) is 0 Å². The molecule has 0 radical (unpaired) electrons. The second-order valence-electron chi connectivity index (χ2n) is 4.27. The normalized spacial score (nSPS) is 14.6. The quantitative estimate of drug-likeness (QED) is 0.921. The summed E-state index contributed by atoms with van der Waals surface area (Å²) in [5.74, 6) is 0. The molecule has 1 aromatic carbocycles. The van der Waals surface area contributed by atoms with E-state index in [-0.39, 0.29) is 6.54 Å². The highest BCUT2D eigenvalue weighted by atomic mass is 35.5. The van der Waals surface area contributed by atoms with Crippen molar-refractivity contribution in [2.45, 2.75) is 24.1 Å². The molecule has 9 heteroatoms. The molecule has 114 valence electrons. The van der Waals surface area contributed by atoms with Crippen LogP contribution in [0.5, 0.6) is 0 Å². The maximum absolute atomic E-state index is 12.7. The van der Waals surface area contributed by atoms with Gasteiger partial charge in [-0.05, 0) is 25.1 Å². The lowest BCUT2D eigenvalue weighted by atomic mass is 10.2. The van der Waals surface area contributed by atoms with Gasteiger partial charge >= 0.3 is 6.18 Å². The number of alkyl halides is 3. The average Bonchev–Trinajstić information content (AvgIpc) is 2.26. The van der Waals surface area contributed by atoms with E-state index in [4.69, 9.17) is 16.7 Å². The maximum atomic E-state index is 12.7. The second kappa shape index (κ2) is 5.88. The van der Waals surface area contributed by atoms with Crippen LogP contribution in [-0.4, -0.2) is 37.5 Å². The fourth-order valence-electron chi connectivity index (χ4n) is 1.53. The van der Waals surface area contributed by atoms with Gasteiger partial charge in [-0.2, -0.15) is 17.5 Å². The molecular formula is C11H13ClF3NO3S. The van der Waals surface area contributed by atoms with Crippen molar-refractivity contribution in [1.82, 2.24) is 4.31 Å². The first-order valence-corrected chi connectivity index (χ1v) is 7.29.